The van der Waals surface area contributed by atoms with E-state index in [0.717, 1.165) is 37.2 Å². The molecule has 0 radical (unpaired) electrons. The van der Waals surface area contributed by atoms with E-state index in [-0.39, 0.29) is 5.91 Å². The monoisotopic (exact) mass is 297 g/mol. The van der Waals surface area contributed by atoms with Crippen molar-refractivity contribution in [2.24, 2.45) is 0 Å². The van der Waals surface area contributed by atoms with Gasteiger partial charge in [0.15, 0.2) is 0 Å². The summed E-state index contributed by atoms with van der Waals surface area (Å²) in [6.45, 7) is 2.13. The molecular weight excluding hydrogens is 274 g/mol. The molecule has 3 rings (SSSR count). The molecule has 1 aromatic carbocycles. The van der Waals surface area contributed by atoms with Crippen molar-refractivity contribution in [3.63, 3.8) is 0 Å². The highest BCUT2D eigenvalue weighted by molar-refractivity contribution is 5.94. The maximum Gasteiger partial charge on any atom is 0.253 e. The van der Waals surface area contributed by atoms with Crippen LogP contribution in [0.25, 0.3) is 5.69 Å². The Kier molecular flexibility index (Phi) is 4.29. The molecule has 0 atom stereocenters. The fraction of sp³-hybridized carbons (Fsp3) is 0.389. The summed E-state index contributed by atoms with van der Waals surface area (Å²) >= 11 is 0. The van der Waals surface area contributed by atoms with Crippen LogP contribution in [-0.4, -0.2) is 53.5 Å². The average Bonchev–Trinajstić information content (AvgIpc) is 3.09. The van der Waals surface area contributed by atoms with Gasteiger partial charge in [-0.25, -0.2) is 0 Å². The van der Waals surface area contributed by atoms with Gasteiger partial charge in [0.25, 0.3) is 5.91 Å². The smallest absolute Gasteiger partial charge is 0.253 e. The number of nitrogens with zero attached hydrogens (tertiary/aromatic N) is 3. The van der Waals surface area contributed by atoms with Gasteiger partial charge >= 0.3 is 0 Å². The molecule has 0 unspecified atom stereocenters. The highest BCUT2D eigenvalue weighted by Crippen LogP contribution is 2.18. The first-order chi connectivity index (χ1) is 10.6. The zero-order valence-corrected chi connectivity index (χ0v) is 13.3. The van der Waals surface area contributed by atoms with Gasteiger partial charge in [-0.05, 0) is 69.4 Å². The Labute approximate surface area is 132 Å². The molecule has 1 aromatic heterocycles. The average molecular weight is 297 g/mol. The zero-order chi connectivity index (χ0) is 15.5. The summed E-state index contributed by atoms with van der Waals surface area (Å²) in [7, 11) is 4.07. The van der Waals surface area contributed by atoms with E-state index >= 15 is 0 Å². The lowest BCUT2D eigenvalue weighted by Gasteiger charge is -2.35. The SMILES string of the molecule is CN1CCC(N(C)C(=O)c2ccc(-n3cccc3)cc2)CC1. The van der Waals surface area contributed by atoms with Gasteiger partial charge in [-0.2, -0.15) is 0 Å². The lowest BCUT2D eigenvalue weighted by molar-refractivity contribution is 0.0659. The largest absolute Gasteiger partial charge is 0.339 e. The molecule has 1 saturated heterocycles. The minimum Gasteiger partial charge on any atom is -0.339 e. The van der Waals surface area contributed by atoms with E-state index < -0.39 is 0 Å². The number of hydrogen-bond donors (Lipinski definition) is 0. The van der Waals surface area contributed by atoms with Gasteiger partial charge in [-0.15, -0.1) is 0 Å². The number of carbonyl (C=O) groups is 1. The lowest BCUT2D eigenvalue weighted by Crippen LogP contribution is -2.44. The molecule has 0 bridgehead atoms. The van der Waals surface area contributed by atoms with Crippen molar-refractivity contribution in [3.8, 4) is 5.69 Å². The van der Waals surface area contributed by atoms with Gasteiger partial charge in [0.2, 0.25) is 0 Å². The van der Waals surface area contributed by atoms with E-state index in [9.17, 15) is 4.79 Å². The van der Waals surface area contributed by atoms with Crippen molar-refractivity contribution >= 4 is 5.91 Å². The summed E-state index contributed by atoms with van der Waals surface area (Å²) in [4.78, 5) is 16.9. The molecule has 0 N–H and O–H groups in total. The Bertz CT molecular complexity index is 610. The first-order valence-electron chi connectivity index (χ1n) is 7.84. The Balaban J connectivity index is 1.69. The second-order valence-corrected chi connectivity index (χ2v) is 6.09. The number of benzene rings is 1. The van der Waals surface area contributed by atoms with Gasteiger partial charge in [0.1, 0.15) is 0 Å². The molecule has 0 saturated carbocycles. The Morgan fingerprint density at radius 3 is 2.27 bits per heavy atom. The highest BCUT2D eigenvalue weighted by atomic mass is 16.2. The normalized spacial score (nSPS) is 16.6. The second kappa shape index (κ2) is 6.36. The molecule has 0 spiro atoms. The number of aromatic nitrogens is 1. The van der Waals surface area contributed by atoms with E-state index in [4.69, 9.17) is 0 Å². The summed E-state index contributed by atoms with van der Waals surface area (Å²) < 4.78 is 2.04. The molecule has 1 aliphatic heterocycles. The van der Waals surface area contributed by atoms with Crippen LogP contribution in [-0.2, 0) is 0 Å². The molecule has 1 amide bonds. The van der Waals surface area contributed by atoms with Crippen LogP contribution >= 0.6 is 0 Å². The summed E-state index contributed by atoms with van der Waals surface area (Å²) in [6.07, 6.45) is 6.11. The summed E-state index contributed by atoms with van der Waals surface area (Å²) in [6, 6.07) is 12.2. The molecule has 0 aliphatic carbocycles. The van der Waals surface area contributed by atoms with Gasteiger partial charge in [-0.3, -0.25) is 4.79 Å². The van der Waals surface area contributed by atoms with E-state index in [1.807, 2.05) is 65.3 Å². The minimum atomic E-state index is 0.119. The predicted molar refractivity (Wildman–Crippen MR) is 88.4 cm³/mol. The quantitative estimate of drug-likeness (QED) is 0.871. The van der Waals surface area contributed by atoms with Crippen LogP contribution in [0.15, 0.2) is 48.8 Å². The van der Waals surface area contributed by atoms with Gasteiger partial charge in [0.05, 0.1) is 0 Å². The first kappa shape index (κ1) is 14.9. The second-order valence-electron chi connectivity index (χ2n) is 6.09. The highest BCUT2D eigenvalue weighted by Gasteiger charge is 2.24. The summed E-state index contributed by atoms with van der Waals surface area (Å²) in [5, 5.41) is 0. The van der Waals surface area contributed by atoms with E-state index in [1.54, 1.807) is 0 Å². The third-order valence-electron chi connectivity index (χ3n) is 4.57. The van der Waals surface area contributed by atoms with Crippen molar-refractivity contribution in [1.82, 2.24) is 14.4 Å². The molecular formula is C18H23N3O. The maximum absolute atomic E-state index is 12.6. The summed E-state index contributed by atoms with van der Waals surface area (Å²) in [5.41, 5.74) is 1.83. The molecule has 2 aromatic rings. The van der Waals surface area contributed by atoms with Crippen LogP contribution in [0.1, 0.15) is 23.2 Å². The van der Waals surface area contributed by atoms with Crippen LogP contribution in [0.5, 0.6) is 0 Å². The number of piperidine rings is 1. The minimum absolute atomic E-state index is 0.119. The maximum atomic E-state index is 12.6. The third kappa shape index (κ3) is 3.07. The summed E-state index contributed by atoms with van der Waals surface area (Å²) in [5.74, 6) is 0.119. The topological polar surface area (TPSA) is 28.5 Å². The van der Waals surface area contributed by atoms with Crippen molar-refractivity contribution < 1.29 is 4.79 Å². The molecule has 22 heavy (non-hydrogen) atoms. The van der Waals surface area contributed by atoms with E-state index in [1.165, 1.54) is 0 Å². The number of amides is 1. The van der Waals surface area contributed by atoms with Crippen molar-refractivity contribution in [3.05, 3.63) is 54.4 Å². The van der Waals surface area contributed by atoms with E-state index in [0.29, 0.717) is 6.04 Å². The molecule has 2 heterocycles. The van der Waals surface area contributed by atoms with Gasteiger partial charge in [0, 0.05) is 36.7 Å². The number of carbonyl (C=O) groups excluding carboxylic acids is 1. The van der Waals surface area contributed by atoms with Crippen LogP contribution in [0.3, 0.4) is 0 Å². The molecule has 1 aliphatic rings. The first-order valence-corrected chi connectivity index (χ1v) is 7.84. The van der Waals surface area contributed by atoms with Crippen molar-refractivity contribution in [1.29, 1.82) is 0 Å². The molecule has 116 valence electrons. The Morgan fingerprint density at radius 1 is 1.09 bits per heavy atom. The zero-order valence-electron chi connectivity index (χ0n) is 13.3. The molecule has 1 fully saturated rings. The third-order valence-corrected chi connectivity index (χ3v) is 4.57. The van der Waals surface area contributed by atoms with Crippen molar-refractivity contribution in [2.45, 2.75) is 18.9 Å². The van der Waals surface area contributed by atoms with Crippen molar-refractivity contribution in [2.75, 3.05) is 27.2 Å². The van der Waals surface area contributed by atoms with Gasteiger partial charge in [-0.1, -0.05) is 0 Å². The molecule has 4 nitrogen and oxygen atoms in total. The van der Waals surface area contributed by atoms with Gasteiger partial charge < -0.3 is 14.4 Å². The Morgan fingerprint density at radius 2 is 1.68 bits per heavy atom. The predicted octanol–water partition coefficient (Wildman–Crippen LogP) is 2.64. The number of rotatable bonds is 3. The van der Waals surface area contributed by atoms with Crippen LogP contribution in [0.4, 0.5) is 0 Å². The van der Waals surface area contributed by atoms with E-state index in [2.05, 4.69) is 11.9 Å². The number of likely N-dealkylation sites (tertiary alicyclic amines) is 1. The standard InChI is InChI=1S/C18H23N3O/c1-19-13-9-16(10-14-19)20(2)18(22)15-5-7-17(8-6-15)21-11-3-4-12-21/h3-8,11-12,16H,9-10,13-14H2,1-2H3. The fourth-order valence-corrected chi connectivity index (χ4v) is 3.03. The Hall–Kier alpha value is -2.07. The van der Waals surface area contributed by atoms with Crippen LogP contribution in [0.2, 0.25) is 0 Å². The lowest BCUT2D eigenvalue weighted by atomic mass is 10.0. The number of hydrogen-bond acceptors (Lipinski definition) is 2. The fourth-order valence-electron chi connectivity index (χ4n) is 3.03. The molecule has 4 heteroatoms. The van der Waals surface area contributed by atoms with Crippen LogP contribution < -0.4 is 0 Å². The van der Waals surface area contributed by atoms with Crippen LogP contribution in [0, 0.1) is 0 Å².